The zero-order valence-electron chi connectivity index (χ0n) is 21.0. The minimum atomic E-state index is -1.22. The van der Waals surface area contributed by atoms with Crippen molar-refractivity contribution in [2.75, 3.05) is 18.5 Å². The van der Waals surface area contributed by atoms with Gasteiger partial charge in [-0.05, 0) is 37.0 Å². The van der Waals surface area contributed by atoms with Crippen molar-refractivity contribution in [2.45, 2.75) is 54.8 Å². The van der Waals surface area contributed by atoms with Crippen molar-refractivity contribution < 1.29 is 24.2 Å². The molecule has 8 nitrogen and oxygen atoms in total. The molecule has 2 bridgehead atoms. The van der Waals surface area contributed by atoms with Gasteiger partial charge in [-0.15, -0.1) is 0 Å². The van der Waals surface area contributed by atoms with Crippen molar-refractivity contribution in [1.82, 2.24) is 10.2 Å². The number of benzene rings is 2. The summed E-state index contributed by atoms with van der Waals surface area (Å²) in [7, 11) is 0. The highest BCUT2D eigenvalue weighted by atomic mass is 79.9. The number of hydrogen-bond acceptors (Lipinski definition) is 5. The zero-order valence-corrected chi connectivity index (χ0v) is 23.3. The largest absolute Gasteiger partial charge is 0.394 e. The van der Waals surface area contributed by atoms with Crippen molar-refractivity contribution in [1.29, 1.82) is 0 Å². The molecular weight excluding hydrogens is 574 g/mol. The number of amides is 3. The predicted molar refractivity (Wildman–Crippen MR) is 147 cm³/mol. The van der Waals surface area contributed by atoms with E-state index in [9.17, 15) is 19.5 Å². The molecule has 3 unspecified atom stereocenters. The summed E-state index contributed by atoms with van der Waals surface area (Å²) in [4.78, 5) is 42.8. The minimum absolute atomic E-state index is 0.207. The highest BCUT2D eigenvalue weighted by Gasteiger charge is 2.77. The summed E-state index contributed by atoms with van der Waals surface area (Å²) in [6.45, 7) is 2.09. The Labute approximate surface area is 235 Å². The number of aliphatic hydroxyl groups excluding tert-OH is 1. The van der Waals surface area contributed by atoms with Crippen molar-refractivity contribution in [3.05, 3.63) is 65.2 Å². The summed E-state index contributed by atoms with van der Waals surface area (Å²) in [5.74, 6) is -2.65. The monoisotopic (exact) mass is 603 g/mol. The highest BCUT2D eigenvalue weighted by Crippen LogP contribution is 2.60. The first-order valence-electron chi connectivity index (χ1n) is 12.9. The topological polar surface area (TPSA) is 108 Å². The Hall–Kier alpha value is -2.46. The second-order valence-corrected chi connectivity index (χ2v) is 11.8. The van der Waals surface area contributed by atoms with Crippen molar-refractivity contribution in [2.24, 2.45) is 11.8 Å². The molecule has 3 heterocycles. The predicted octanol–water partition coefficient (Wildman–Crippen LogP) is 3.16. The van der Waals surface area contributed by atoms with E-state index in [0.29, 0.717) is 30.1 Å². The summed E-state index contributed by atoms with van der Waals surface area (Å²) in [6, 6.07) is 14.6. The molecule has 3 aliphatic rings. The van der Waals surface area contributed by atoms with Crippen LogP contribution in [0.5, 0.6) is 0 Å². The van der Waals surface area contributed by atoms with Gasteiger partial charge in [-0.2, -0.15) is 0 Å². The Morgan fingerprint density at radius 2 is 1.89 bits per heavy atom. The lowest BCUT2D eigenvalue weighted by molar-refractivity contribution is -0.144. The van der Waals surface area contributed by atoms with E-state index in [1.54, 1.807) is 24.3 Å². The number of halogens is 2. The molecule has 5 rings (SSSR count). The van der Waals surface area contributed by atoms with Crippen LogP contribution in [0.25, 0.3) is 0 Å². The molecule has 3 saturated heterocycles. The van der Waals surface area contributed by atoms with Crippen LogP contribution in [-0.2, 0) is 25.5 Å². The molecule has 202 valence electrons. The molecule has 2 aromatic carbocycles. The van der Waals surface area contributed by atoms with Gasteiger partial charge in [-0.1, -0.05) is 76.9 Å². The second kappa shape index (κ2) is 11.0. The van der Waals surface area contributed by atoms with E-state index in [0.717, 1.165) is 12.0 Å². The van der Waals surface area contributed by atoms with Crippen LogP contribution in [0.3, 0.4) is 0 Å². The molecule has 38 heavy (non-hydrogen) atoms. The van der Waals surface area contributed by atoms with Gasteiger partial charge < -0.3 is 25.4 Å². The first-order chi connectivity index (χ1) is 18.3. The number of ether oxygens (including phenoxy) is 1. The molecule has 3 aliphatic heterocycles. The van der Waals surface area contributed by atoms with Crippen LogP contribution in [0.1, 0.15) is 25.3 Å². The lowest BCUT2D eigenvalue weighted by Gasteiger charge is -2.37. The normalized spacial score (nSPS) is 30.3. The molecule has 3 N–H and O–H groups in total. The molecule has 2 aromatic rings. The SMILES string of the molecule is CCCNC(=O)[C@H]1[C@H]2C(=O)N([C@@H](CO)Cc3ccccc3)C(C(=O)Nc3ccccc3Cl)C23CC(Br)[C@@H]1O3. The number of nitrogens with one attached hydrogen (secondary N) is 2. The van der Waals surface area contributed by atoms with Crippen LogP contribution in [-0.4, -0.2) is 69.5 Å². The van der Waals surface area contributed by atoms with Crippen LogP contribution in [0, 0.1) is 11.8 Å². The van der Waals surface area contributed by atoms with Gasteiger partial charge in [0, 0.05) is 11.4 Å². The van der Waals surface area contributed by atoms with Crippen LogP contribution in [0.2, 0.25) is 5.02 Å². The first-order valence-corrected chi connectivity index (χ1v) is 14.2. The molecular formula is C28H31BrClN3O5. The van der Waals surface area contributed by atoms with E-state index in [1.807, 2.05) is 37.3 Å². The number of carbonyl (C=O) groups is 3. The van der Waals surface area contributed by atoms with E-state index < -0.39 is 41.5 Å². The standard InChI is InChI=1S/C28H31BrClN3O5/c1-2-12-31-25(35)21-22-27(37)33(17(15-34)13-16-8-4-3-5-9-16)24(28(22)14-18(29)23(21)38-28)26(36)32-20-11-7-6-10-19(20)30/h3-11,17-18,21-24,34H,2,12-15H2,1H3,(H,31,35)(H,32,36)/t17-,18?,21+,22+,23+,24?,28?/m1/s1. The molecule has 0 saturated carbocycles. The summed E-state index contributed by atoms with van der Waals surface area (Å²) >= 11 is 10.0. The van der Waals surface area contributed by atoms with Gasteiger partial charge in [0.2, 0.25) is 17.7 Å². The van der Waals surface area contributed by atoms with Crippen molar-refractivity contribution in [3.63, 3.8) is 0 Å². The number of nitrogens with zero attached hydrogens (tertiary/aromatic N) is 1. The van der Waals surface area contributed by atoms with E-state index >= 15 is 0 Å². The van der Waals surface area contributed by atoms with Gasteiger partial charge in [0.1, 0.15) is 11.6 Å². The molecule has 10 heteroatoms. The number of rotatable bonds is 9. The van der Waals surface area contributed by atoms with Crippen molar-refractivity contribution in [3.8, 4) is 0 Å². The fourth-order valence-corrected chi connectivity index (χ4v) is 7.45. The van der Waals surface area contributed by atoms with Crippen LogP contribution >= 0.6 is 27.5 Å². The quantitative estimate of drug-likeness (QED) is 0.381. The van der Waals surface area contributed by atoms with Crippen LogP contribution in [0.15, 0.2) is 54.6 Å². The molecule has 0 aromatic heterocycles. The molecule has 3 fully saturated rings. The minimum Gasteiger partial charge on any atom is -0.394 e. The Balaban J connectivity index is 1.56. The van der Waals surface area contributed by atoms with Crippen molar-refractivity contribution >= 4 is 50.9 Å². The Kier molecular flexibility index (Phi) is 7.82. The molecule has 3 amide bonds. The highest BCUT2D eigenvalue weighted by molar-refractivity contribution is 9.09. The third kappa shape index (κ3) is 4.53. The Bertz CT molecular complexity index is 1220. The third-order valence-electron chi connectivity index (χ3n) is 7.88. The number of hydrogen-bond donors (Lipinski definition) is 3. The van der Waals surface area contributed by atoms with E-state index in [2.05, 4.69) is 26.6 Å². The maximum atomic E-state index is 14.2. The summed E-state index contributed by atoms with van der Waals surface area (Å²) in [5.41, 5.74) is 0.106. The summed E-state index contributed by atoms with van der Waals surface area (Å²) < 4.78 is 6.51. The fraction of sp³-hybridized carbons (Fsp3) is 0.464. The zero-order chi connectivity index (χ0) is 27.0. The third-order valence-corrected chi connectivity index (χ3v) is 9.05. The van der Waals surface area contributed by atoms with E-state index in [-0.39, 0.29) is 23.2 Å². The second-order valence-electron chi connectivity index (χ2n) is 10.2. The average Bonchev–Trinajstić information content (AvgIpc) is 3.51. The van der Waals surface area contributed by atoms with Gasteiger partial charge in [-0.3, -0.25) is 14.4 Å². The summed E-state index contributed by atoms with van der Waals surface area (Å²) in [5, 5.41) is 16.7. The summed E-state index contributed by atoms with van der Waals surface area (Å²) in [6.07, 6.45) is 0.937. The number of alkyl halides is 1. The lowest BCUT2D eigenvalue weighted by Crippen LogP contribution is -2.57. The number of fused-ring (bicyclic) bond motifs is 1. The van der Waals surface area contributed by atoms with Gasteiger partial charge in [-0.25, -0.2) is 0 Å². The number of likely N-dealkylation sites (tertiary alicyclic amines) is 1. The van der Waals surface area contributed by atoms with Crippen LogP contribution in [0.4, 0.5) is 5.69 Å². The molecule has 1 spiro atoms. The maximum Gasteiger partial charge on any atom is 0.250 e. The number of anilines is 1. The maximum absolute atomic E-state index is 14.2. The molecule has 0 aliphatic carbocycles. The number of para-hydroxylation sites is 1. The number of carbonyl (C=O) groups excluding carboxylic acids is 3. The van der Waals surface area contributed by atoms with Gasteiger partial charge in [0.25, 0.3) is 0 Å². The van der Waals surface area contributed by atoms with Gasteiger partial charge in [0.05, 0.1) is 41.3 Å². The Morgan fingerprint density at radius 1 is 1.18 bits per heavy atom. The average molecular weight is 605 g/mol. The Morgan fingerprint density at radius 3 is 2.58 bits per heavy atom. The smallest absolute Gasteiger partial charge is 0.250 e. The molecule has 0 radical (unpaired) electrons. The first kappa shape index (κ1) is 27.1. The molecule has 7 atom stereocenters. The van der Waals surface area contributed by atoms with Gasteiger partial charge in [0.15, 0.2) is 0 Å². The van der Waals surface area contributed by atoms with E-state index in [1.165, 1.54) is 4.90 Å². The number of aliphatic hydroxyl groups is 1. The van der Waals surface area contributed by atoms with Gasteiger partial charge >= 0.3 is 0 Å². The fourth-order valence-electron chi connectivity index (χ4n) is 6.33. The lowest BCUT2D eigenvalue weighted by atomic mass is 9.70. The van der Waals surface area contributed by atoms with Crippen LogP contribution < -0.4 is 10.6 Å². The van der Waals surface area contributed by atoms with E-state index in [4.69, 9.17) is 16.3 Å².